The number of aromatic nitrogens is 2. The molecule has 3 aromatic rings. The first-order chi connectivity index (χ1) is 14.9. The number of rotatable bonds is 7. The first-order valence-corrected chi connectivity index (χ1v) is 9.75. The summed E-state index contributed by atoms with van der Waals surface area (Å²) in [5.74, 6) is -0.771. The third-order valence-electron chi connectivity index (χ3n) is 4.52. The van der Waals surface area contributed by atoms with Gasteiger partial charge in [0.05, 0.1) is 17.9 Å². The van der Waals surface area contributed by atoms with Gasteiger partial charge in [0.15, 0.2) is 6.61 Å². The Morgan fingerprint density at radius 2 is 1.84 bits per heavy atom. The summed E-state index contributed by atoms with van der Waals surface area (Å²) in [6.45, 7) is 5.60. The highest BCUT2D eigenvalue weighted by Gasteiger charge is 2.10. The van der Waals surface area contributed by atoms with Crippen molar-refractivity contribution >= 4 is 17.6 Å². The van der Waals surface area contributed by atoms with E-state index < -0.39 is 11.9 Å². The van der Waals surface area contributed by atoms with Crippen LogP contribution in [0.2, 0.25) is 0 Å². The summed E-state index contributed by atoms with van der Waals surface area (Å²) in [5, 5.41) is 6.84. The van der Waals surface area contributed by atoms with Crippen molar-refractivity contribution in [2.45, 2.75) is 20.8 Å². The van der Waals surface area contributed by atoms with Crippen LogP contribution in [-0.2, 0) is 9.53 Å². The van der Waals surface area contributed by atoms with Crippen LogP contribution in [-0.4, -0.2) is 34.9 Å². The molecule has 0 radical (unpaired) electrons. The lowest BCUT2D eigenvalue weighted by Crippen LogP contribution is -2.24. The van der Waals surface area contributed by atoms with Crippen LogP contribution >= 0.6 is 0 Å². The van der Waals surface area contributed by atoms with Gasteiger partial charge in [-0.15, -0.1) is 5.10 Å². The molecule has 31 heavy (non-hydrogen) atoms. The van der Waals surface area contributed by atoms with Gasteiger partial charge in [-0.3, -0.25) is 9.59 Å². The minimum Gasteiger partial charge on any atom is -0.467 e. The maximum absolute atomic E-state index is 12.2. The van der Waals surface area contributed by atoms with E-state index in [1.807, 2.05) is 26.0 Å². The fraction of sp³-hybridized carbons (Fsp3) is 0.217. The van der Waals surface area contributed by atoms with Gasteiger partial charge in [0.25, 0.3) is 11.5 Å². The van der Waals surface area contributed by atoms with Crippen molar-refractivity contribution in [2.75, 3.05) is 18.5 Å². The third kappa shape index (κ3) is 5.57. The Labute approximate surface area is 179 Å². The van der Waals surface area contributed by atoms with Gasteiger partial charge < -0.3 is 14.8 Å². The maximum atomic E-state index is 12.2. The molecule has 8 heteroatoms. The first kappa shape index (κ1) is 21.8. The van der Waals surface area contributed by atoms with E-state index in [9.17, 15) is 14.4 Å². The van der Waals surface area contributed by atoms with Crippen molar-refractivity contribution in [3.05, 3.63) is 81.6 Å². The van der Waals surface area contributed by atoms with Crippen LogP contribution in [0.3, 0.4) is 0 Å². The van der Waals surface area contributed by atoms with Crippen LogP contribution in [0.1, 0.15) is 28.4 Å². The Hall–Kier alpha value is -3.94. The number of benzene rings is 2. The number of amides is 1. The fourth-order valence-electron chi connectivity index (χ4n) is 2.79. The molecule has 3 rings (SSSR count). The smallest absolute Gasteiger partial charge is 0.338 e. The number of ether oxygens (including phenoxy) is 2. The summed E-state index contributed by atoms with van der Waals surface area (Å²) >= 11 is 0. The van der Waals surface area contributed by atoms with E-state index in [-0.39, 0.29) is 24.7 Å². The monoisotopic (exact) mass is 421 g/mol. The Kier molecular flexibility index (Phi) is 6.81. The largest absolute Gasteiger partial charge is 0.467 e. The highest BCUT2D eigenvalue weighted by Crippen LogP contribution is 2.14. The zero-order valence-corrected chi connectivity index (χ0v) is 17.5. The lowest BCUT2D eigenvalue weighted by atomic mass is 10.1. The van der Waals surface area contributed by atoms with Crippen LogP contribution < -0.4 is 15.6 Å². The molecule has 1 heterocycles. The number of esters is 1. The molecule has 0 spiro atoms. The van der Waals surface area contributed by atoms with Gasteiger partial charge in [0.2, 0.25) is 5.88 Å². The standard InChI is InChI=1S/C23H23N3O5/c1-4-30-23(29)17-6-5-7-18(13-17)24-20(27)14-31-21-10-11-22(28)26(25-21)19-9-8-15(2)16(3)12-19/h5-13H,4,14H2,1-3H3,(H,24,27). The minimum absolute atomic E-state index is 0.133. The number of hydrogen-bond acceptors (Lipinski definition) is 6. The summed E-state index contributed by atoms with van der Waals surface area (Å²) in [4.78, 5) is 36.3. The van der Waals surface area contributed by atoms with Crippen molar-refractivity contribution < 1.29 is 19.1 Å². The molecule has 2 aromatic carbocycles. The average Bonchev–Trinajstić information content (AvgIpc) is 2.75. The van der Waals surface area contributed by atoms with Gasteiger partial charge in [0, 0.05) is 17.8 Å². The van der Waals surface area contributed by atoms with E-state index in [0.29, 0.717) is 16.9 Å². The molecule has 0 bridgehead atoms. The molecule has 1 aromatic heterocycles. The number of aryl methyl sites for hydroxylation is 2. The number of anilines is 1. The van der Waals surface area contributed by atoms with Gasteiger partial charge in [0.1, 0.15) is 0 Å². The molecule has 0 aliphatic rings. The zero-order valence-electron chi connectivity index (χ0n) is 17.5. The summed E-state index contributed by atoms with van der Waals surface area (Å²) in [6, 6.07) is 14.7. The molecule has 160 valence electrons. The second kappa shape index (κ2) is 9.71. The molecule has 1 amide bonds. The van der Waals surface area contributed by atoms with Crippen molar-refractivity contribution in [3.8, 4) is 11.6 Å². The summed E-state index contributed by atoms with van der Waals surface area (Å²) in [5.41, 5.74) is 3.21. The number of nitrogens with one attached hydrogen (secondary N) is 1. The van der Waals surface area contributed by atoms with Crippen LogP contribution in [0.5, 0.6) is 5.88 Å². The van der Waals surface area contributed by atoms with Crippen molar-refractivity contribution in [2.24, 2.45) is 0 Å². The molecule has 0 unspecified atom stereocenters. The first-order valence-electron chi connectivity index (χ1n) is 9.75. The molecular formula is C23H23N3O5. The van der Waals surface area contributed by atoms with Crippen LogP contribution in [0.15, 0.2) is 59.4 Å². The van der Waals surface area contributed by atoms with Gasteiger partial charge in [-0.2, -0.15) is 4.68 Å². The van der Waals surface area contributed by atoms with Crippen LogP contribution in [0, 0.1) is 13.8 Å². The summed E-state index contributed by atoms with van der Waals surface area (Å²) in [6.07, 6.45) is 0. The lowest BCUT2D eigenvalue weighted by Gasteiger charge is -2.10. The molecule has 0 saturated carbocycles. The lowest BCUT2D eigenvalue weighted by molar-refractivity contribution is -0.118. The van der Waals surface area contributed by atoms with Crippen molar-refractivity contribution in [1.82, 2.24) is 9.78 Å². The van der Waals surface area contributed by atoms with E-state index >= 15 is 0 Å². The van der Waals surface area contributed by atoms with Crippen molar-refractivity contribution in [1.29, 1.82) is 0 Å². The topological polar surface area (TPSA) is 99.5 Å². The molecule has 8 nitrogen and oxygen atoms in total. The van der Waals surface area contributed by atoms with E-state index in [2.05, 4.69) is 10.4 Å². The Bertz CT molecular complexity index is 1170. The van der Waals surface area contributed by atoms with E-state index in [4.69, 9.17) is 9.47 Å². The molecule has 0 atom stereocenters. The molecular weight excluding hydrogens is 398 g/mol. The Morgan fingerprint density at radius 3 is 2.58 bits per heavy atom. The van der Waals surface area contributed by atoms with E-state index in [0.717, 1.165) is 11.1 Å². The highest BCUT2D eigenvalue weighted by molar-refractivity contribution is 5.95. The number of nitrogens with zero attached hydrogens (tertiary/aromatic N) is 2. The minimum atomic E-state index is -0.465. The number of carbonyl (C=O) groups excluding carboxylic acids is 2. The van der Waals surface area contributed by atoms with Gasteiger partial charge in [-0.05, 0) is 62.2 Å². The fourth-order valence-corrected chi connectivity index (χ4v) is 2.79. The quantitative estimate of drug-likeness (QED) is 0.589. The van der Waals surface area contributed by atoms with Gasteiger partial charge in [-0.25, -0.2) is 4.79 Å². The second-order valence-corrected chi connectivity index (χ2v) is 6.83. The Balaban J connectivity index is 1.67. The second-order valence-electron chi connectivity index (χ2n) is 6.83. The normalized spacial score (nSPS) is 10.4. The molecule has 0 aliphatic heterocycles. The SMILES string of the molecule is CCOC(=O)c1cccc(NC(=O)COc2ccc(=O)n(-c3ccc(C)c(C)c3)n2)c1. The summed E-state index contributed by atoms with van der Waals surface area (Å²) < 4.78 is 11.6. The van der Waals surface area contributed by atoms with Crippen molar-refractivity contribution in [3.63, 3.8) is 0 Å². The van der Waals surface area contributed by atoms with Crippen LogP contribution in [0.25, 0.3) is 5.69 Å². The highest BCUT2D eigenvalue weighted by atomic mass is 16.5. The molecule has 0 saturated heterocycles. The van der Waals surface area contributed by atoms with Gasteiger partial charge in [-0.1, -0.05) is 12.1 Å². The van der Waals surface area contributed by atoms with Gasteiger partial charge >= 0.3 is 5.97 Å². The number of hydrogen-bond donors (Lipinski definition) is 1. The van der Waals surface area contributed by atoms with Crippen LogP contribution in [0.4, 0.5) is 5.69 Å². The predicted octanol–water partition coefficient (Wildman–Crippen LogP) is 3.04. The maximum Gasteiger partial charge on any atom is 0.338 e. The zero-order chi connectivity index (χ0) is 22.4. The molecule has 1 N–H and O–H groups in total. The predicted molar refractivity (Wildman–Crippen MR) is 116 cm³/mol. The van der Waals surface area contributed by atoms with E-state index in [1.54, 1.807) is 31.2 Å². The number of carbonyl (C=O) groups is 2. The molecule has 0 fully saturated rings. The van der Waals surface area contributed by atoms with E-state index in [1.165, 1.54) is 22.9 Å². The Morgan fingerprint density at radius 1 is 1.03 bits per heavy atom. The third-order valence-corrected chi connectivity index (χ3v) is 4.52. The summed E-state index contributed by atoms with van der Waals surface area (Å²) in [7, 11) is 0. The average molecular weight is 421 g/mol. The molecule has 0 aliphatic carbocycles.